The summed E-state index contributed by atoms with van der Waals surface area (Å²) in [4.78, 5) is 23.0. The Kier molecular flexibility index (Phi) is 5.18. The van der Waals surface area contributed by atoms with E-state index >= 15 is 0 Å². The highest BCUT2D eigenvalue weighted by atomic mass is 35.5. The second kappa shape index (κ2) is 7.37. The summed E-state index contributed by atoms with van der Waals surface area (Å²) >= 11 is 5.96. The van der Waals surface area contributed by atoms with E-state index in [1.54, 1.807) is 13.1 Å². The van der Waals surface area contributed by atoms with Crippen LogP contribution in [0.5, 0.6) is 11.9 Å². The van der Waals surface area contributed by atoms with Crippen LogP contribution in [-0.2, 0) is 11.2 Å². The number of amides is 1. The molecule has 1 aliphatic heterocycles. The minimum Gasteiger partial charge on any atom is -0.481 e. The number of aromatic nitrogens is 2. The highest BCUT2D eigenvalue weighted by molar-refractivity contribution is 6.30. The summed E-state index contributed by atoms with van der Waals surface area (Å²) in [5.74, 6) is 1.10. The normalized spacial score (nSPS) is 15.2. The second-order valence-electron chi connectivity index (χ2n) is 6.27. The molecule has 2 heterocycles. The number of ether oxygens (including phenoxy) is 2. The van der Waals surface area contributed by atoms with Crippen molar-refractivity contribution in [2.24, 2.45) is 5.41 Å². The first-order valence-electron chi connectivity index (χ1n) is 8.18. The Morgan fingerprint density at radius 3 is 2.50 bits per heavy atom. The maximum Gasteiger partial charge on any atom is 0.321 e. The van der Waals surface area contributed by atoms with Crippen molar-refractivity contribution in [1.29, 1.82) is 0 Å². The average molecular weight is 377 g/mol. The van der Waals surface area contributed by atoms with Gasteiger partial charge in [-0.1, -0.05) is 23.7 Å². The second-order valence-corrected chi connectivity index (χ2v) is 6.71. The molecule has 3 rings (SSSR count). The van der Waals surface area contributed by atoms with Crippen LogP contribution in [0, 0.1) is 5.41 Å². The molecule has 0 atom stereocenters. The molecule has 7 nitrogen and oxygen atoms in total. The van der Waals surface area contributed by atoms with Crippen molar-refractivity contribution in [3.63, 3.8) is 0 Å². The summed E-state index contributed by atoms with van der Waals surface area (Å²) in [6, 6.07) is 9.54. The first-order valence-corrected chi connectivity index (χ1v) is 8.56. The average Bonchev–Trinajstić information content (AvgIpc) is 2.64. The standard InChI is InChI=1S/C18H21ClN4O3/c1-20-16(24)18(9-12-4-6-13(19)7-5-12)10-23(11-18)14-8-15(25-2)22-17(21-14)26-3/h4-8H,9-11H2,1-3H3,(H,20,24). The number of nitrogens with zero attached hydrogens (tertiary/aromatic N) is 3. The molecule has 8 heteroatoms. The lowest BCUT2D eigenvalue weighted by Gasteiger charge is -2.49. The number of methoxy groups -OCH3 is 2. The number of hydrogen-bond acceptors (Lipinski definition) is 6. The lowest BCUT2D eigenvalue weighted by Crippen LogP contribution is -2.64. The van der Waals surface area contributed by atoms with Gasteiger partial charge in [0.25, 0.3) is 0 Å². The molecule has 0 unspecified atom stereocenters. The zero-order valence-corrected chi connectivity index (χ0v) is 15.7. The van der Waals surface area contributed by atoms with Gasteiger partial charge in [0, 0.05) is 31.2 Å². The molecular formula is C18H21ClN4O3. The fourth-order valence-corrected chi connectivity index (χ4v) is 3.32. The zero-order valence-electron chi connectivity index (χ0n) is 15.0. The topological polar surface area (TPSA) is 76.6 Å². The van der Waals surface area contributed by atoms with Crippen LogP contribution in [0.15, 0.2) is 30.3 Å². The molecule has 0 spiro atoms. The molecule has 1 aliphatic rings. The van der Waals surface area contributed by atoms with Crippen molar-refractivity contribution in [1.82, 2.24) is 15.3 Å². The molecule has 1 aromatic carbocycles. The highest BCUT2D eigenvalue weighted by Crippen LogP contribution is 2.38. The predicted molar refractivity (Wildman–Crippen MR) is 99.0 cm³/mol. The third kappa shape index (κ3) is 3.53. The van der Waals surface area contributed by atoms with Gasteiger partial charge >= 0.3 is 6.01 Å². The number of hydrogen-bond donors (Lipinski definition) is 1. The number of halogens is 1. The maximum absolute atomic E-state index is 12.6. The predicted octanol–water partition coefficient (Wildman–Crippen LogP) is 1.94. The van der Waals surface area contributed by atoms with E-state index < -0.39 is 5.41 Å². The van der Waals surface area contributed by atoms with Crippen molar-refractivity contribution < 1.29 is 14.3 Å². The molecule has 1 aromatic heterocycles. The minimum atomic E-state index is -0.520. The number of nitrogens with one attached hydrogen (secondary N) is 1. The van der Waals surface area contributed by atoms with E-state index in [1.807, 2.05) is 29.2 Å². The van der Waals surface area contributed by atoms with Gasteiger partial charge in [0.2, 0.25) is 11.8 Å². The molecule has 0 radical (unpaired) electrons. The Morgan fingerprint density at radius 1 is 1.23 bits per heavy atom. The van der Waals surface area contributed by atoms with Gasteiger partial charge in [0.15, 0.2) is 0 Å². The third-order valence-electron chi connectivity index (χ3n) is 4.54. The van der Waals surface area contributed by atoms with Crippen LogP contribution in [0.4, 0.5) is 5.82 Å². The summed E-state index contributed by atoms with van der Waals surface area (Å²) in [5.41, 5.74) is 0.545. The molecule has 1 fully saturated rings. The van der Waals surface area contributed by atoms with Gasteiger partial charge in [-0.2, -0.15) is 9.97 Å². The number of carbonyl (C=O) groups is 1. The van der Waals surface area contributed by atoms with E-state index in [1.165, 1.54) is 14.2 Å². The van der Waals surface area contributed by atoms with Gasteiger partial charge in [0.1, 0.15) is 5.82 Å². The largest absolute Gasteiger partial charge is 0.481 e. The van der Waals surface area contributed by atoms with E-state index in [9.17, 15) is 4.79 Å². The Balaban J connectivity index is 1.81. The van der Waals surface area contributed by atoms with Gasteiger partial charge in [-0.15, -0.1) is 0 Å². The number of benzene rings is 1. The molecule has 0 aliphatic carbocycles. The van der Waals surface area contributed by atoms with Crippen LogP contribution < -0.4 is 19.7 Å². The summed E-state index contributed by atoms with van der Waals surface area (Å²) in [7, 11) is 4.70. The van der Waals surface area contributed by atoms with E-state index in [2.05, 4.69) is 15.3 Å². The summed E-state index contributed by atoms with van der Waals surface area (Å²) in [6.45, 7) is 1.08. The first-order chi connectivity index (χ1) is 12.5. The Bertz CT molecular complexity index is 769. The van der Waals surface area contributed by atoms with Crippen LogP contribution in [0.1, 0.15) is 5.56 Å². The van der Waals surface area contributed by atoms with E-state index in [0.29, 0.717) is 36.2 Å². The Labute approximate surface area is 157 Å². The van der Waals surface area contributed by atoms with Crippen molar-refractivity contribution >= 4 is 23.3 Å². The Hall–Kier alpha value is -2.54. The van der Waals surface area contributed by atoms with Crippen molar-refractivity contribution in [3.8, 4) is 11.9 Å². The third-order valence-corrected chi connectivity index (χ3v) is 4.79. The van der Waals surface area contributed by atoms with Gasteiger partial charge in [-0.25, -0.2) is 0 Å². The summed E-state index contributed by atoms with van der Waals surface area (Å²) in [5, 5.41) is 3.46. The molecule has 0 saturated carbocycles. The van der Waals surface area contributed by atoms with Crippen LogP contribution in [-0.4, -0.2) is 50.2 Å². The molecule has 26 heavy (non-hydrogen) atoms. The highest BCUT2D eigenvalue weighted by Gasteiger charge is 2.49. The van der Waals surface area contributed by atoms with Gasteiger partial charge in [-0.05, 0) is 24.1 Å². The van der Waals surface area contributed by atoms with Crippen LogP contribution in [0.2, 0.25) is 5.02 Å². The number of carbonyl (C=O) groups excluding carboxylic acids is 1. The molecule has 1 saturated heterocycles. The lowest BCUT2D eigenvalue weighted by molar-refractivity contribution is -0.132. The molecule has 1 N–H and O–H groups in total. The monoisotopic (exact) mass is 376 g/mol. The van der Waals surface area contributed by atoms with Gasteiger partial charge < -0.3 is 19.7 Å². The lowest BCUT2D eigenvalue weighted by atomic mass is 9.74. The molecular weight excluding hydrogens is 356 g/mol. The molecule has 1 amide bonds. The number of rotatable bonds is 6. The van der Waals surface area contributed by atoms with E-state index in [0.717, 1.165) is 5.56 Å². The van der Waals surface area contributed by atoms with Crippen LogP contribution in [0.25, 0.3) is 0 Å². The zero-order chi connectivity index (χ0) is 18.7. The van der Waals surface area contributed by atoms with Gasteiger partial charge in [0.05, 0.1) is 19.6 Å². The quantitative estimate of drug-likeness (QED) is 0.830. The molecule has 0 bridgehead atoms. The van der Waals surface area contributed by atoms with Crippen molar-refractivity contribution in [3.05, 3.63) is 40.9 Å². The fourth-order valence-electron chi connectivity index (χ4n) is 3.19. The van der Waals surface area contributed by atoms with E-state index in [-0.39, 0.29) is 11.9 Å². The SMILES string of the molecule is CNC(=O)C1(Cc2ccc(Cl)cc2)CN(c2cc(OC)nc(OC)n2)C1. The number of anilines is 1. The van der Waals surface area contributed by atoms with Crippen molar-refractivity contribution in [2.45, 2.75) is 6.42 Å². The molecule has 2 aromatic rings. The van der Waals surface area contributed by atoms with E-state index in [4.69, 9.17) is 21.1 Å². The first kappa shape index (κ1) is 18.3. The van der Waals surface area contributed by atoms with Gasteiger partial charge in [-0.3, -0.25) is 4.79 Å². The smallest absolute Gasteiger partial charge is 0.321 e. The van der Waals surface area contributed by atoms with Crippen LogP contribution in [0.3, 0.4) is 0 Å². The maximum atomic E-state index is 12.6. The fraction of sp³-hybridized carbons (Fsp3) is 0.389. The van der Waals surface area contributed by atoms with Crippen LogP contribution >= 0.6 is 11.6 Å². The summed E-state index contributed by atoms with van der Waals surface area (Å²) in [6.07, 6.45) is 0.625. The minimum absolute atomic E-state index is 0.0108. The Morgan fingerprint density at radius 2 is 1.92 bits per heavy atom. The molecule has 138 valence electrons. The summed E-state index contributed by atoms with van der Waals surface area (Å²) < 4.78 is 10.3. The van der Waals surface area contributed by atoms with Crippen molar-refractivity contribution in [2.75, 3.05) is 39.3 Å².